The molecule has 1 atom stereocenters. The van der Waals surface area contributed by atoms with E-state index in [9.17, 15) is 8.42 Å². The Morgan fingerprint density at radius 3 is 2.90 bits per heavy atom. The van der Waals surface area contributed by atoms with E-state index in [1.54, 1.807) is 0 Å². The molecule has 8 heteroatoms. The summed E-state index contributed by atoms with van der Waals surface area (Å²) in [6, 6.07) is 1.64. The lowest BCUT2D eigenvalue weighted by Crippen LogP contribution is -2.54. The van der Waals surface area contributed by atoms with Crippen molar-refractivity contribution in [2.45, 2.75) is 10.9 Å². The normalized spacial score (nSPS) is 22.0. The molecular weight excluding hydrogens is 278 g/mol. The number of hydrogen-bond acceptors (Lipinski definition) is 6. The van der Waals surface area contributed by atoms with Crippen LogP contribution in [0.2, 0.25) is 0 Å². The Morgan fingerprint density at radius 1 is 1.45 bits per heavy atom. The van der Waals surface area contributed by atoms with Gasteiger partial charge in [-0.3, -0.25) is 9.88 Å². The number of rotatable bonds is 4. The molecule has 0 aromatic carbocycles. The first-order valence-corrected chi connectivity index (χ1v) is 7.96. The Balaban J connectivity index is 2.04. The first kappa shape index (κ1) is 15.2. The molecule has 1 aromatic heterocycles. The fourth-order valence-electron chi connectivity index (χ4n) is 2.22. The molecule has 1 unspecified atom stereocenters. The third-order valence-corrected chi connectivity index (χ3v) is 5.06. The molecule has 0 saturated carbocycles. The van der Waals surface area contributed by atoms with E-state index >= 15 is 0 Å². The lowest BCUT2D eigenvalue weighted by molar-refractivity contribution is 0.117. The van der Waals surface area contributed by atoms with Crippen LogP contribution in [0, 0.1) is 0 Å². The molecular formula is C12H21N5O2S. The molecule has 0 spiro atoms. The van der Waals surface area contributed by atoms with E-state index in [4.69, 9.17) is 5.73 Å². The summed E-state index contributed by atoms with van der Waals surface area (Å²) in [6.45, 7) is 3.12. The minimum absolute atomic E-state index is 0.0341. The second-order valence-electron chi connectivity index (χ2n) is 5.16. The predicted octanol–water partition coefficient (Wildman–Crippen LogP) is -0.812. The monoisotopic (exact) mass is 299 g/mol. The van der Waals surface area contributed by atoms with Crippen LogP contribution >= 0.6 is 0 Å². The summed E-state index contributed by atoms with van der Waals surface area (Å²) >= 11 is 0. The number of pyridine rings is 1. The second kappa shape index (κ2) is 6.04. The first-order chi connectivity index (χ1) is 9.40. The van der Waals surface area contributed by atoms with Gasteiger partial charge in [0.1, 0.15) is 4.90 Å². The first-order valence-electron chi connectivity index (χ1n) is 6.48. The average Bonchev–Trinajstić information content (AvgIpc) is 2.40. The van der Waals surface area contributed by atoms with Crippen LogP contribution in [-0.4, -0.2) is 69.5 Å². The third kappa shape index (κ3) is 3.45. The van der Waals surface area contributed by atoms with Gasteiger partial charge in [-0.15, -0.1) is 0 Å². The zero-order valence-corrected chi connectivity index (χ0v) is 12.6. The Hall–Kier alpha value is -1.22. The highest BCUT2D eigenvalue weighted by Crippen LogP contribution is 2.15. The van der Waals surface area contributed by atoms with Gasteiger partial charge in [-0.25, -0.2) is 13.1 Å². The zero-order valence-electron chi connectivity index (χ0n) is 11.8. The van der Waals surface area contributed by atoms with E-state index < -0.39 is 10.0 Å². The lowest BCUT2D eigenvalue weighted by atomic mass is 10.2. The minimum atomic E-state index is -3.61. The van der Waals surface area contributed by atoms with Crippen LogP contribution in [0.1, 0.15) is 0 Å². The number of nitrogen functional groups attached to an aromatic ring is 1. The van der Waals surface area contributed by atoms with Crippen molar-refractivity contribution < 1.29 is 8.42 Å². The van der Waals surface area contributed by atoms with E-state index in [1.807, 2.05) is 14.1 Å². The molecule has 0 radical (unpaired) electrons. The van der Waals surface area contributed by atoms with Gasteiger partial charge in [0.05, 0.1) is 5.69 Å². The van der Waals surface area contributed by atoms with Crippen LogP contribution in [-0.2, 0) is 10.0 Å². The van der Waals surface area contributed by atoms with Crippen LogP contribution in [0.5, 0.6) is 0 Å². The molecule has 3 N–H and O–H groups in total. The second-order valence-corrected chi connectivity index (χ2v) is 6.90. The van der Waals surface area contributed by atoms with E-state index in [1.165, 1.54) is 18.5 Å². The fraction of sp³-hybridized carbons (Fsp3) is 0.583. The maximum atomic E-state index is 12.2. The van der Waals surface area contributed by atoms with Gasteiger partial charge in [-0.2, -0.15) is 0 Å². The van der Waals surface area contributed by atoms with Crippen LogP contribution in [0.3, 0.4) is 0 Å². The van der Waals surface area contributed by atoms with Crippen molar-refractivity contribution in [3.05, 3.63) is 18.5 Å². The molecule has 1 aliphatic rings. The summed E-state index contributed by atoms with van der Waals surface area (Å²) in [7, 11) is 0.426. The summed E-state index contributed by atoms with van der Waals surface area (Å²) in [5, 5.41) is 0. The standard InChI is InChI=1S/C12H21N5O2S/c1-16-5-6-17(2)10(9-16)7-15-20(18,19)12-8-14-4-3-11(12)13/h3-4,8,10,15H,5-7,9H2,1-2H3,(H2,13,14). The van der Waals surface area contributed by atoms with E-state index in [0.29, 0.717) is 6.54 Å². The number of anilines is 1. The smallest absolute Gasteiger partial charge is 0.244 e. The lowest BCUT2D eigenvalue weighted by Gasteiger charge is -2.37. The van der Waals surface area contributed by atoms with Crippen molar-refractivity contribution in [1.82, 2.24) is 19.5 Å². The summed E-state index contributed by atoms with van der Waals surface area (Å²) in [4.78, 5) is 8.20. The highest BCUT2D eigenvalue weighted by molar-refractivity contribution is 7.89. The zero-order chi connectivity index (χ0) is 14.8. The number of likely N-dealkylation sites (N-methyl/N-ethyl adjacent to an activating group) is 2. The van der Waals surface area contributed by atoms with Crippen molar-refractivity contribution in [2.75, 3.05) is 46.0 Å². The number of aromatic nitrogens is 1. The Labute approximate surface area is 119 Å². The van der Waals surface area contributed by atoms with Gasteiger partial charge < -0.3 is 10.6 Å². The molecule has 2 rings (SSSR count). The molecule has 1 aliphatic heterocycles. The summed E-state index contributed by atoms with van der Waals surface area (Å²) in [5.74, 6) is 0. The van der Waals surface area contributed by atoms with Gasteiger partial charge in [-0.05, 0) is 20.2 Å². The highest BCUT2D eigenvalue weighted by Gasteiger charge is 2.25. The quantitative estimate of drug-likeness (QED) is 0.755. The molecule has 2 heterocycles. The number of nitrogens with two attached hydrogens (primary N) is 1. The molecule has 0 aliphatic carbocycles. The van der Waals surface area contributed by atoms with Crippen molar-refractivity contribution in [3.8, 4) is 0 Å². The van der Waals surface area contributed by atoms with Gasteiger partial charge in [0.25, 0.3) is 0 Å². The molecule has 7 nitrogen and oxygen atoms in total. The minimum Gasteiger partial charge on any atom is -0.398 e. The number of nitrogens with one attached hydrogen (secondary N) is 1. The molecule has 0 amide bonds. The SMILES string of the molecule is CN1CCN(C)C(CNS(=O)(=O)c2cnccc2N)C1. The van der Waals surface area contributed by atoms with Gasteiger partial charge in [-0.1, -0.05) is 0 Å². The number of nitrogens with zero attached hydrogens (tertiary/aromatic N) is 3. The van der Waals surface area contributed by atoms with Gasteiger partial charge in [0.2, 0.25) is 10.0 Å². The Kier molecular flexibility index (Phi) is 4.59. The van der Waals surface area contributed by atoms with Crippen LogP contribution in [0.15, 0.2) is 23.4 Å². The van der Waals surface area contributed by atoms with Crippen LogP contribution < -0.4 is 10.5 Å². The van der Waals surface area contributed by atoms with E-state index in [-0.39, 0.29) is 16.6 Å². The Morgan fingerprint density at radius 2 is 2.20 bits per heavy atom. The molecule has 1 saturated heterocycles. The summed E-state index contributed by atoms with van der Waals surface area (Å²) < 4.78 is 27.1. The van der Waals surface area contributed by atoms with Gasteiger partial charge in [0.15, 0.2) is 0 Å². The number of sulfonamides is 1. The number of piperazine rings is 1. The number of hydrogen-bond donors (Lipinski definition) is 2. The summed E-state index contributed by atoms with van der Waals surface area (Å²) in [5.41, 5.74) is 5.90. The average molecular weight is 299 g/mol. The summed E-state index contributed by atoms with van der Waals surface area (Å²) in [6.07, 6.45) is 2.74. The van der Waals surface area contributed by atoms with Crippen LogP contribution in [0.4, 0.5) is 5.69 Å². The molecule has 1 fully saturated rings. The largest absolute Gasteiger partial charge is 0.398 e. The van der Waals surface area contributed by atoms with Crippen molar-refractivity contribution in [3.63, 3.8) is 0 Å². The van der Waals surface area contributed by atoms with E-state index in [0.717, 1.165) is 19.6 Å². The van der Waals surface area contributed by atoms with Gasteiger partial charge in [0, 0.05) is 44.6 Å². The van der Waals surface area contributed by atoms with Crippen molar-refractivity contribution >= 4 is 15.7 Å². The maximum Gasteiger partial charge on any atom is 0.244 e. The third-order valence-electron chi connectivity index (χ3n) is 3.60. The fourth-order valence-corrected chi connectivity index (χ4v) is 3.37. The van der Waals surface area contributed by atoms with E-state index in [2.05, 4.69) is 19.5 Å². The van der Waals surface area contributed by atoms with Crippen molar-refractivity contribution in [1.29, 1.82) is 0 Å². The molecule has 112 valence electrons. The molecule has 0 bridgehead atoms. The topological polar surface area (TPSA) is 91.6 Å². The predicted molar refractivity (Wildman–Crippen MR) is 77.8 cm³/mol. The molecule has 20 heavy (non-hydrogen) atoms. The van der Waals surface area contributed by atoms with Gasteiger partial charge >= 0.3 is 0 Å². The Bertz CT molecular complexity index is 563. The van der Waals surface area contributed by atoms with Crippen LogP contribution in [0.25, 0.3) is 0 Å². The highest BCUT2D eigenvalue weighted by atomic mass is 32.2. The molecule has 1 aromatic rings. The maximum absolute atomic E-state index is 12.2. The van der Waals surface area contributed by atoms with Crippen molar-refractivity contribution in [2.24, 2.45) is 0 Å².